The molecule has 152 valence electrons. The number of nitrogens with two attached hydrogens (primary N) is 1. The summed E-state index contributed by atoms with van der Waals surface area (Å²) in [6.07, 6.45) is 0. The number of morpholine rings is 1. The van der Waals surface area contributed by atoms with Gasteiger partial charge in [0.1, 0.15) is 0 Å². The third-order valence-corrected chi connectivity index (χ3v) is 4.81. The topological polar surface area (TPSA) is 82.2 Å². The number of rotatable bonds is 3. The highest BCUT2D eigenvalue weighted by Gasteiger charge is 2.20. The number of amides is 1. The van der Waals surface area contributed by atoms with Crippen molar-refractivity contribution in [1.29, 1.82) is 0 Å². The highest BCUT2D eigenvalue weighted by molar-refractivity contribution is 5.93. The molecule has 3 N–H and O–H groups in total. The first-order valence-corrected chi connectivity index (χ1v) is 9.76. The predicted octanol–water partition coefficient (Wildman–Crippen LogP) is 3.08. The van der Waals surface area contributed by atoms with Gasteiger partial charge in [0.25, 0.3) is 5.91 Å². The average Bonchev–Trinajstić information content (AvgIpc) is 3.08. The summed E-state index contributed by atoms with van der Waals surface area (Å²) in [6, 6.07) is 16.3. The standard InChI is InChI=1S/C19H19N3O.C4H9NO/c1-12-4-8-14(9-5-12)16-17(15-10-6-13(2)7-11-15)22(3)19(21-16)18(20)23;1-3-6-4-2-5-1/h4-11H,1-3H3,(H2,20,23);5H,1-4H2. The molecule has 0 radical (unpaired) electrons. The Bertz CT molecular complexity index is 944. The van der Waals surface area contributed by atoms with Crippen LogP contribution >= 0.6 is 0 Å². The molecule has 0 aliphatic carbocycles. The Kier molecular flexibility index (Phi) is 6.80. The zero-order chi connectivity index (χ0) is 20.8. The first-order chi connectivity index (χ1) is 14.0. The summed E-state index contributed by atoms with van der Waals surface area (Å²) in [7, 11) is 1.82. The van der Waals surface area contributed by atoms with Crippen LogP contribution in [-0.2, 0) is 11.8 Å². The van der Waals surface area contributed by atoms with E-state index in [0.29, 0.717) is 0 Å². The molecule has 1 fully saturated rings. The maximum absolute atomic E-state index is 11.7. The minimum atomic E-state index is -0.528. The van der Waals surface area contributed by atoms with Gasteiger partial charge in [-0.15, -0.1) is 0 Å². The van der Waals surface area contributed by atoms with E-state index >= 15 is 0 Å². The predicted molar refractivity (Wildman–Crippen MR) is 116 cm³/mol. The third kappa shape index (κ3) is 5.10. The molecule has 2 heterocycles. The number of imidazole rings is 1. The van der Waals surface area contributed by atoms with Crippen molar-refractivity contribution in [2.45, 2.75) is 13.8 Å². The quantitative estimate of drug-likeness (QED) is 0.718. The molecule has 1 saturated heterocycles. The minimum absolute atomic E-state index is 0.260. The SMILES string of the molecule is C1COCCN1.Cc1ccc(-c2nc(C(N)=O)n(C)c2-c2ccc(C)cc2)cc1. The summed E-state index contributed by atoms with van der Waals surface area (Å²) < 4.78 is 6.77. The third-order valence-electron chi connectivity index (χ3n) is 4.81. The van der Waals surface area contributed by atoms with Crippen LogP contribution in [0, 0.1) is 13.8 Å². The van der Waals surface area contributed by atoms with Crippen molar-refractivity contribution in [2.24, 2.45) is 12.8 Å². The van der Waals surface area contributed by atoms with Gasteiger partial charge in [-0.25, -0.2) is 4.98 Å². The molecule has 1 aliphatic rings. The van der Waals surface area contributed by atoms with E-state index in [-0.39, 0.29) is 5.82 Å². The largest absolute Gasteiger partial charge is 0.379 e. The van der Waals surface area contributed by atoms with Crippen molar-refractivity contribution in [1.82, 2.24) is 14.9 Å². The second-order valence-electron chi connectivity index (χ2n) is 7.15. The first-order valence-electron chi connectivity index (χ1n) is 9.76. The zero-order valence-electron chi connectivity index (χ0n) is 17.2. The van der Waals surface area contributed by atoms with E-state index in [2.05, 4.69) is 10.3 Å². The summed E-state index contributed by atoms with van der Waals surface area (Å²) in [5, 5.41) is 3.16. The van der Waals surface area contributed by atoms with Gasteiger partial charge in [-0.3, -0.25) is 4.79 Å². The molecule has 4 rings (SSSR count). The van der Waals surface area contributed by atoms with Crippen LogP contribution in [0.25, 0.3) is 22.5 Å². The maximum atomic E-state index is 11.7. The highest BCUT2D eigenvalue weighted by atomic mass is 16.5. The summed E-state index contributed by atoms with van der Waals surface area (Å²) in [4.78, 5) is 16.2. The monoisotopic (exact) mass is 392 g/mol. The number of ether oxygens (including phenoxy) is 1. The fraction of sp³-hybridized carbons (Fsp3) is 0.304. The van der Waals surface area contributed by atoms with E-state index in [9.17, 15) is 4.79 Å². The van der Waals surface area contributed by atoms with Crippen LogP contribution in [0.15, 0.2) is 48.5 Å². The molecule has 6 heteroatoms. The van der Waals surface area contributed by atoms with E-state index in [0.717, 1.165) is 48.8 Å². The Morgan fingerprint density at radius 2 is 1.48 bits per heavy atom. The molecule has 0 spiro atoms. The van der Waals surface area contributed by atoms with Crippen molar-refractivity contribution in [3.8, 4) is 22.5 Å². The molecular formula is C23H28N4O2. The summed E-state index contributed by atoms with van der Waals surface area (Å²) in [5.41, 5.74) is 11.5. The minimum Gasteiger partial charge on any atom is -0.379 e. The number of nitrogens with zero attached hydrogens (tertiary/aromatic N) is 2. The molecule has 1 aliphatic heterocycles. The van der Waals surface area contributed by atoms with Crippen LogP contribution in [-0.4, -0.2) is 41.8 Å². The van der Waals surface area contributed by atoms with E-state index < -0.39 is 5.91 Å². The van der Waals surface area contributed by atoms with E-state index in [1.54, 1.807) is 4.57 Å². The molecule has 6 nitrogen and oxygen atoms in total. The van der Waals surface area contributed by atoms with Gasteiger partial charge in [-0.1, -0.05) is 59.7 Å². The van der Waals surface area contributed by atoms with Crippen LogP contribution in [0.3, 0.4) is 0 Å². The lowest BCUT2D eigenvalue weighted by Gasteiger charge is -2.10. The fourth-order valence-corrected chi connectivity index (χ4v) is 3.19. The average molecular weight is 393 g/mol. The van der Waals surface area contributed by atoms with Gasteiger partial charge in [0.15, 0.2) is 5.82 Å². The normalized spacial score (nSPS) is 13.5. The number of hydrogen-bond donors (Lipinski definition) is 2. The van der Waals surface area contributed by atoms with Gasteiger partial charge in [0, 0.05) is 31.3 Å². The lowest BCUT2D eigenvalue weighted by Crippen LogP contribution is -2.30. The van der Waals surface area contributed by atoms with Crippen LogP contribution < -0.4 is 11.1 Å². The van der Waals surface area contributed by atoms with E-state index in [1.807, 2.05) is 69.4 Å². The number of hydrogen-bond acceptors (Lipinski definition) is 4. The van der Waals surface area contributed by atoms with Gasteiger partial charge in [-0.2, -0.15) is 0 Å². The molecule has 1 aromatic heterocycles. The smallest absolute Gasteiger partial charge is 0.284 e. The van der Waals surface area contributed by atoms with Crippen molar-refractivity contribution in [2.75, 3.05) is 26.3 Å². The summed E-state index contributed by atoms with van der Waals surface area (Å²) in [6.45, 7) is 7.92. The van der Waals surface area contributed by atoms with Gasteiger partial charge < -0.3 is 20.4 Å². The molecule has 0 saturated carbocycles. The molecule has 0 bridgehead atoms. The number of carbonyl (C=O) groups is 1. The number of nitrogens with one attached hydrogen (secondary N) is 1. The first kappa shape index (κ1) is 20.8. The van der Waals surface area contributed by atoms with Gasteiger partial charge in [0.05, 0.1) is 24.6 Å². The van der Waals surface area contributed by atoms with Crippen molar-refractivity contribution in [3.05, 3.63) is 65.5 Å². The number of carbonyl (C=O) groups excluding carboxylic acids is 1. The number of aryl methyl sites for hydroxylation is 2. The summed E-state index contributed by atoms with van der Waals surface area (Å²) >= 11 is 0. The molecule has 29 heavy (non-hydrogen) atoms. The van der Waals surface area contributed by atoms with E-state index in [1.165, 1.54) is 11.1 Å². The molecule has 0 unspecified atom stereocenters. The Labute approximate surface area is 171 Å². The Morgan fingerprint density at radius 1 is 0.966 bits per heavy atom. The maximum Gasteiger partial charge on any atom is 0.284 e. The Hall–Kier alpha value is -2.96. The van der Waals surface area contributed by atoms with Crippen LogP contribution in [0.5, 0.6) is 0 Å². The van der Waals surface area contributed by atoms with E-state index in [4.69, 9.17) is 10.5 Å². The van der Waals surface area contributed by atoms with Crippen molar-refractivity contribution >= 4 is 5.91 Å². The van der Waals surface area contributed by atoms with Crippen LogP contribution in [0.4, 0.5) is 0 Å². The van der Waals surface area contributed by atoms with Gasteiger partial charge in [0.2, 0.25) is 0 Å². The zero-order valence-corrected chi connectivity index (χ0v) is 17.2. The van der Waals surface area contributed by atoms with Gasteiger partial charge in [-0.05, 0) is 13.8 Å². The van der Waals surface area contributed by atoms with Crippen molar-refractivity contribution < 1.29 is 9.53 Å². The number of benzene rings is 2. The van der Waals surface area contributed by atoms with Crippen molar-refractivity contribution in [3.63, 3.8) is 0 Å². The Morgan fingerprint density at radius 3 is 1.90 bits per heavy atom. The number of primary amides is 1. The highest BCUT2D eigenvalue weighted by Crippen LogP contribution is 2.32. The molecule has 3 aromatic rings. The fourth-order valence-electron chi connectivity index (χ4n) is 3.19. The second-order valence-corrected chi connectivity index (χ2v) is 7.15. The number of aromatic nitrogens is 2. The lowest BCUT2D eigenvalue weighted by molar-refractivity contribution is 0.0987. The Balaban J connectivity index is 0.000000343. The molecule has 1 amide bonds. The van der Waals surface area contributed by atoms with Crippen LogP contribution in [0.2, 0.25) is 0 Å². The molecule has 0 atom stereocenters. The lowest BCUT2D eigenvalue weighted by atomic mass is 10.0. The van der Waals surface area contributed by atoms with Gasteiger partial charge >= 0.3 is 0 Å². The van der Waals surface area contributed by atoms with Crippen LogP contribution in [0.1, 0.15) is 21.7 Å². The second kappa shape index (κ2) is 9.49. The molecule has 2 aromatic carbocycles. The summed E-state index contributed by atoms with van der Waals surface area (Å²) in [5.74, 6) is -0.268. The molecular weight excluding hydrogens is 364 g/mol.